The van der Waals surface area contributed by atoms with E-state index in [9.17, 15) is 8.42 Å². The SMILES string of the molecule is CCCCCCC[C-](CCCC)S(=O)(=O)O.[Zn]. The van der Waals surface area contributed by atoms with Gasteiger partial charge in [-0.25, -0.2) is 8.42 Å². The maximum absolute atomic E-state index is 11.1. The summed E-state index contributed by atoms with van der Waals surface area (Å²) >= 11 is 0. The molecule has 0 aromatic rings. The second-order valence-electron chi connectivity index (χ2n) is 4.28. The van der Waals surface area contributed by atoms with Gasteiger partial charge in [-0.2, -0.15) is 18.1 Å². The number of hydrogen-bond acceptors (Lipinski definition) is 2. The third kappa shape index (κ3) is 11.4. The molecule has 100 valence electrons. The van der Waals surface area contributed by atoms with E-state index in [1.54, 1.807) is 0 Å². The minimum Gasteiger partial charge on any atom is -0.309 e. The summed E-state index contributed by atoms with van der Waals surface area (Å²) in [5.74, 6) is 0. The van der Waals surface area contributed by atoms with E-state index >= 15 is 0 Å². The Morgan fingerprint density at radius 2 is 1.35 bits per heavy atom. The molecule has 0 radical (unpaired) electrons. The monoisotopic (exact) mass is 313 g/mol. The van der Waals surface area contributed by atoms with Gasteiger partial charge in [-0.1, -0.05) is 58.8 Å². The first-order valence-corrected chi connectivity index (χ1v) is 7.78. The van der Waals surface area contributed by atoms with Crippen molar-refractivity contribution >= 4 is 10.1 Å². The Bertz CT molecular complexity index is 252. The molecule has 5 heteroatoms. The molecule has 0 amide bonds. The zero-order valence-corrected chi connectivity index (χ0v) is 15.0. The van der Waals surface area contributed by atoms with Gasteiger partial charge in [0.05, 0.1) is 0 Å². The maximum Gasteiger partial charge on any atom is 0.136 e. The van der Waals surface area contributed by atoms with Crippen molar-refractivity contribution in [1.82, 2.24) is 0 Å². The third-order valence-electron chi connectivity index (χ3n) is 2.73. The summed E-state index contributed by atoms with van der Waals surface area (Å²) in [6, 6.07) is 0. The van der Waals surface area contributed by atoms with Crippen molar-refractivity contribution < 1.29 is 32.4 Å². The first-order valence-electron chi connectivity index (χ1n) is 6.34. The van der Waals surface area contributed by atoms with Crippen LogP contribution in [0.15, 0.2) is 0 Å². The maximum atomic E-state index is 11.1. The summed E-state index contributed by atoms with van der Waals surface area (Å²) in [6.07, 6.45) is 8.31. The molecular formula is C12H25O3SZn-. The summed E-state index contributed by atoms with van der Waals surface area (Å²) in [6.45, 7) is 4.17. The molecule has 0 aliphatic rings. The van der Waals surface area contributed by atoms with Crippen LogP contribution in [0.1, 0.15) is 71.6 Å². The van der Waals surface area contributed by atoms with Crippen LogP contribution >= 0.6 is 0 Å². The van der Waals surface area contributed by atoms with Crippen LogP contribution in [0.5, 0.6) is 0 Å². The molecule has 0 aromatic heterocycles. The Balaban J connectivity index is 0. The summed E-state index contributed by atoms with van der Waals surface area (Å²) < 4.78 is 31.2. The number of hydrogen-bond donors (Lipinski definition) is 1. The Morgan fingerprint density at radius 3 is 1.82 bits per heavy atom. The average molecular weight is 315 g/mol. The number of unbranched alkanes of at least 4 members (excludes halogenated alkanes) is 5. The normalized spacial score (nSPS) is 11.5. The molecule has 3 nitrogen and oxygen atoms in total. The third-order valence-corrected chi connectivity index (χ3v) is 3.87. The first kappa shape index (κ1) is 19.9. The van der Waals surface area contributed by atoms with E-state index in [0.717, 1.165) is 32.1 Å². The number of rotatable bonds is 10. The van der Waals surface area contributed by atoms with Crippen molar-refractivity contribution in [2.45, 2.75) is 71.6 Å². The molecule has 0 spiro atoms. The topological polar surface area (TPSA) is 54.4 Å². The van der Waals surface area contributed by atoms with E-state index in [2.05, 4.69) is 6.92 Å². The van der Waals surface area contributed by atoms with Gasteiger partial charge < -0.3 is 4.55 Å². The fourth-order valence-electron chi connectivity index (χ4n) is 1.68. The van der Waals surface area contributed by atoms with Crippen LogP contribution in [0.3, 0.4) is 0 Å². The molecule has 0 aliphatic carbocycles. The molecule has 0 fully saturated rings. The van der Waals surface area contributed by atoms with Gasteiger partial charge in [0, 0.05) is 19.5 Å². The van der Waals surface area contributed by atoms with Gasteiger partial charge in [0.2, 0.25) is 0 Å². The second-order valence-corrected chi connectivity index (χ2v) is 5.81. The Morgan fingerprint density at radius 1 is 0.882 bits per heavy atom. The summed E-state index contributed by atoms with van der Waals surface area (Å²) in [4.78, 5) is 0. The van der Waals surface area contributed by atoms with Gasteiger partial charge in [0.1, 0.15) is 10.1 Å². The zero-order valence-electron chi connectivity index (χ0n) is 11.2. The predicted octanol–water partition coefficient (Wildman–Crippen LogP) is 3.95. The van der Waals surface area contributed by atoms with Crippen molar-refractivity contribution in [3.8, 4) is 0 Å². The second kappa shape index (κ2) is 11.6. The van der Waals surface area contributed by atoms with E-state index in [4.69, 9.17) is 4.55 Å². The van der Waals surface area contributed by atoms with Crippen LogP contribution in [0.25, 0.3) is 0 Å². The fraction of sp³-hybridized carbons (Fsp3) is 0.917. The quantitative estimate of drug-likeness (QED) is 0.287. The van der Waals surface area contributed by atoms with Crippen LogP contribution < -0.4 is 0 Å². The minimum absolute atomic E-state index is 0. The van der Waals surface area contributed by atoms with Crippen molar-refractivity contribution in [1.29, 1.82) is 0 Å². The van der Waals surface area contributed by atoms with E-state index < -0.39 is 10.1 Å². The van der Waals surface area contributed by atoms with Gasteiger partial charge in [-0.3, -0.25) is 0 Å². The van der Waals surface area contributed by atoms with Crippen molar-refractivity contribution in [3.05, 3.63) is 5.25 Å². The Labute approximate surface area is 119 Å². The minimum atomic E-state index is -3.91. The fourth-order valence-corrected chi connectivity index (χ4v) is 2.49. The molecule has 0 unspecified atom stereocenters. The predicted molar refractivity (Wildman–Crippen MR) is 67.7 cm³/mol. The Kier molecular flexibility index (Phi) is 13.6. The molecule has 0 heterocycles. The van der Waals surface area contributed by atoms with Gasteiger partial charge >= 0.3 is 0 Å². The average Bonchev–Trinajstić information content (AvgIpc) is 2.20. The molecule has 0 atom stereocenters. The standard InChI is InChI=1S/C12H25O3S.Zn/c1-3-5-7-8-9-11-12(10-6-4-2)16(13,14)15;/h3-11H2,1-2H3,(H,13,14,15);/q-1;. The van der Waals surface area contributed by atoms with Crippen molar-refractivity contribution in [3.63, 3.8) is 0 Å². The van der Waals surface area contributed by atoms with Crippen LogP contribution in [0.4, 0.5) is 0 Å². The first-order chi connectivity index (χ1) is 7.52. The molecule has 1 N–H and O–H groups in total. The summed E-state index contributed by atoms with van der Waals surface area (Å²) in [5.41, 5.74) is 0. The van der Waals surface area contributed by atoms with Crippen LogP contribution in [0.2, 0.25) is 0 Å². The zero-order chi connectivity index (χ0) is 12.4. The molecule has 0 aromatic carbocycles. The molecule has 0 bridgehead atoms. The molecule has 17 heavy (non-hydrogen) atoms. The van der Waals surface area contributed by atoms with E-state index in [0.29, 0.717) is 18.1 Å². The van der Waals surface area contributed by atoms with Crippen LogP contribution in [-0.4, -0.2) is 13.0 Å². The molecule has 0 saturated carbocycles. The molecule has 0 aliphatic heterocycles. The van der Waals surface area contributed by atoms with Crippen molar-refractivity contribution in [2.75, 3.05) is 0 Å². The van der Waals surface area contributed by atoms with Crippen LogP contribution in [-0.2, 0) is 29.6 Å². The van der Waals surface area contributed by atoms with E-state index in [1.807, 2.05) is 6.92 Å². The smallest absolute Gasteiger partial charge is 0.136 e. The molecular weight excluding hydrogens is 290 g/mol. The Hall–Kier alpha value is 0.533. The van der Waals surface area contributed by atoms with E-state index in [-0.39, 0.29) is 19.5 Å². The van der Waals surface area contributed by atoms with Gasteiger partial charge in [-0.15, -0.1) is 0 Å². The molecule has 0 saturated heterocycles. The molecule has 0 rings (SSSR count). The van der Waals surface area contributed by atoms with Crippen molar-refractivity contribution in [2.24, 2.45) is 0 Å². The largest absolute Gasteiger partial charge is 0.309 e. The van der Waals surface area contributed by atoms with Gasteiger partial charge in [0.15, 0.2) is 0 Å². The van der Waals surface area contributed by atoms with E-state index in [1.165, 1.54) is 12.8 Å². The van der Waals surface area contributed by atoms with Gasteiger partial charge in [-0.05, 0) is 0 Å². The summed E-state index contributed by atoms with van der Waals surface area (Å²) in [5, 5.41) is 0.325. The van der Waals surface area contributed by atoms with Crippen LogP contribution in [0, 0.1) is 5.25 Å². The van der Waals surface area contributed by atoms with Gasteiger partial charge in [0.25, 0.3) is 0 Å². The summed E-state index contributed by atoms with van der Waals surface area (Å²) in [7, 11) is -3.91.